The Bertz CT molecular complexity index is 435. The molecule has 0 amide bonds. The first-order valence-corrected chi connectivity index (χ1v) is 6.74. The van der Waals surface area contributed by atoms with Crippen LogP contribution in [-0.2, 0) is 0 Å². The van der Waals surface area contributed by atoms with Crippen molar-refractivity contribution in [2.24, 2.45) is 11.3 Å². The summed E-state index contributed by atoms with van der Waals surface area (Å²) in [6.45, 7) is 9.92. The second-order valence-corrected chi connectivity index (χ2v) is 6.74. The number of aliphatic hydroxyl groups is 1. The van der Waals surface area contributed by atoms with Crippen LogP contribution in [0.2, 0.25) is 0 Å². The smallest absolute Gasteiger partial charge is 0.129 e. The predicted octanol–water partition coefficient (Wildman–Crippen LogP) is 4.77. The number of halogens is 2. The zero-order valence-electron chi connectivity index (χ0n) is 12.4. The second kappa shape index (κ2) is 6.00. The van der Waals surface area contributed by atoms with Gasteiger partial charge in [-0.1, -0.05) is 27.7 Å². The molecule has 0 saturated heterocycles. The molecule has 0 fully saturated rings. The first-order valence-electron chi connectivity index (χ1n) is 6.74. The molecule has 0 radical (unpaired) electrons. The highest BCUT2D eigenvalue weighted by Gasteiger charge is 2.21. The van der Waals surface area contributed by atoms with Crippen molar-refractivity contribution in [1.29, 1.82) is 0 Å². The van der Waals surface area contributed by atoms with E-state index < -0.39 is 17.7 Å². The van der Waals surface area contributed by atoms with Gasteiger partial charge in [0.15, 0.2) is 0 Å². The van der Waals surface area contributed by atoms with Crippen LogP contribution in [0.3, 0.4) is 0 Å². The van der Waals surface area contributed by atoms with E-state index in [0.717, 1.165) is 18.6 Å². The number of aliphatic hydroxyl groups excluding tert-OH is 1. The molecule has 3 heteroatoms. The van der Waals surface area contributed by atoms with Crippen LogP contribution < -0.4 is 0 Å². The Kier molecular flexibility index (Phi) is 5.08. The van der Waals surface area contributed by atoms with Gasteiger partial charge in [-0.05, 0) is 48.8 Å². The van der Waals surface area contributed by atoms with Gasteiger partial charge in [0.25, 0.3) is 0 Å². The summed E-state index contributed by atoms with van der Waals surface area (Å²) >= 11 is 0. The molecule has 0 aromatic heterocycles. The monoisotopic (exact) mass is 270 g/mol. The summed E-state index contributed by atoms with van der Waals surface area (Å²) in [6.07, 6.45) is 0.420. The Morgan fingerprint density at radius 2 is 1.74 bits per heavy atom. The Morgan fingerprint density at radius 3 is 2.26 bits per heavy atom. The fourth-order valence-electron chi connectivity index (χ4n) is 2.55. The third kappa shape index (κ3) is 4.90. The quantitative estimate of drug-likeness (QED) is 0.835. The molecule has 0 heterocycles. The lowest BCUT2D eigenvalue weighted by atomic mass is 9.82. The number of hydrogen-bond acceptors (Lipinski definition) is 1. The molecule has 1 N–H and O–H groups in total. The molecule has 19 heavy (non-hydrogen) atoms. The van der Waals surface area contributed by atoms with Crippen molar-refractivity contribution >= 4 is 0 Å². The Hall–Kier alpha value is -0.960. The van der Waals surface area contributed by atoms with Crippen LogP contribution in [0.4, 0.5) is 8.78 Å². The van der Waals surface area contributed by atoms with Gasteiger partial charge in [0, 0.05) is 5.56 Å². The van der Waals surface area contributed by atoms with Crippen molar-refractivity contribution in [3.8, 4) is 0 Å². The fourth-order valence-corrected chi connectivity index (χ4v) is 2.55. The third-order valence-electron chi connectivity index (χ3n) is 3.22. The Balaban J connectivity index is 2.78. The summed E-state index contributed by atoms with van der Waals surface area (Å²) in [5.41, 5.74) is 0.482. The van der Waals surface area contributed by atoms with Gasteiger partial charge in [0.05, 0.1) is 6.10 Å². The van der Waals surface area contributed by atoms with E-state index in [0.29, 0.717) is 6.42 Å². The standard InChI is InChI=1S/C16H24F2O/c1-10(9-16(3,4)5)6-15(19)12-8-13(17)11(2)7-14(12)18/h7-8,10,15,19H,6,9H2,1-5H3. The first kappa shape index (κ1) is 16.1. The van der Waals surface area contributed by atoms with E-state index in [1.165, 1.54) is 6.92 Å². The van der Waals surface area contributed by atoms with Crippen LogP contribution in [0.25, 0.3) is 0 Å². The molecule has 0 aliphatic carbocycles. The molecule has 1 aromatic carbocycles. The highest BCUT2D eigenvalue weighted by Crippen LogP contribution is 2.31. The zero-order valence-corrected chi connectivity index (χ0v) is 12.4. The molecule has 2 unspecified atom stereocenters. The highest BCUT2D eigenvalue weighted by atomic mass is 19.1. The minimum Gasteiger partial charge on any atom is -0.388 e. The van der Waals surface area contributed by atoms with Crippen molar-refractivity contribution in [2.45, 2.75) is 53.6 Å². The van der Waals surface area contributed by atoms with Crippen molar-refractivity contribution in [3.05, 3.63) is 34.9 Å². The van der Waals surface area contributed by atoms with Gasteiger partial charge in [0.1, 0.15) is 11.6 Å². The summed E-state index contributed by atoms with van der Waals surface area (Å²) in [7, 11) is 0. The molecule has 1 nitrogen and oxygen atoms in total. The van der Waals surface area contributed by atoms with Gasteiger partial charge < -0.3 is 5.11 Å². The van der Waals surface area contributed by atoms with E-state index in [1.807, 2.05) is 6.92 Å². The van der Waals surface area contributed by atoms with Crippen molar-refractivity contribution in [3.63, 3.8) is 0 Å². The zero-order chi connectivity index (χ0) is 14.8. The Labute approximate surface area is 114 Å². The molecular formula is C16H24F2O. The molecule has 0 saturated carbocycles. The Morgan fingerprint density at radius 1 is 1.16 bits per heavy atom. The predicted molar refractivity (Wildman–Crippen MR) is 73.9 cm³/mol. The van der Waals surface area contributed by atoms with Crippen LogP contribution in [-0.4, -0.2) is 5.11 Å². The van der Waals surface area contributed by atoms with Crippen molar-refractivity contribution in [1.82, 2.24) is 0 Å². The average Bonchev–Trinajstić information content (AvgIpc) is 2.20. The molecule has 0 spiro atoms. The minimum atomic E-state index is -0.951. The van der Waals surface area contributed by atoms with Crippen LogP contribution in [0.15, 0.2) is 12.1 Å². The maximum Gasteiger partial charge on any atom is 0.129 e. The lowest BCUT2D eigenvalue weighted by Crippen LogP contribution is -2.14. The van der Waals surface area contributed by atoms with Gasteiger partial charge in [-0.3, -0.25) is 0 Å². The molecule has 108 valence electrons. The van der Waals surface area contributed by atoms with E-state index >= 15 is 0 Å². The number of rotatable bonds is 4. The van der Waals surface area contributed by atoms with Gasteiger partial charge in [0.2, 0.25) is 0 Å². The van der Waals surface area contributed by atoms with Crippen LogP contribution in [0.1, 0.15) is 57.8 Å². The maximum atomic E-state index is 13.7. The van der Waals surface area contributed by atoms with E-state index in [-0.39, 0.29) is 22.5 Å². The summed E-state index contributed by atoms with van der Waals surface area (Å²) in [6, 6.07) is 2.25. The van der Waals surface area contributed by atoms with Gasteiger partial charge in [-0.25, -0.2) is 8.78 Å². The van der Waals surface area contributed by atoms with Gasteiger partial charge in [-0.2, -0.15) is 0 Å². The summed E-state index contributed by atoms with van der Waals surface area (Å²) in [5, 5.41) is 10.1. The number of aryl methyl sites for hydroxylation is 1. The molecule has 0 bridgehead atoms. The third-order valence-corrected chi connectivity index (χ3v) is 3.22. The average molecular weight is 270 g/mol. The number of hydrogen-bond donors (Lipinski definition) is 1. The van der Waals surface area contributed by atoms with E-state index in [2.05, 4.69) is 20.8 Å². The normalized spacial score (nSPS) is 15.4. The van der Waals surface area contributed by atoms with E-state index in [4.69, 9.17) is 0 Å². The van der Waals surface area contributed by atoms with E-state index in [9.17, 15) is 13.9 Å². The maximum absolute atomic E-state index is 13.7. The lowest BCUT2D eigenvalue weighted by molar-refractivity contribution is 0.130. The van der Waals surface area contributed by atoms with Gasteiger partial charge >= 0.3 is 0 Å². The largest absolute Gasteiger partial charge is 0.388 e. The topological polar surface area (TPSA) is 20.2 Å². The summed E-state index contributed by atoms with van der Waals surface area (Å²) < 4.78 is 27.2. The number of benzene rings is 1. The second-order valence-electron chi connectivity index (χ2n) is 6.74. The molecule has 0 aliphatic heterocycles. The van der Waals surface area contributed by atoms with Crippen LogP contribution >= 0.6 is 0 Å². The van der Waals surface area contributed by atoms with E-state index in [1.54, 1.807) is 0 Å². The first-order chi connectivity index (χ1) is 8.60. The lowest BCUT2D eigenvalue weighted by Gasteiger charge is -2.25. The summed E-state index contributed by atoms with van der Waals surface area (Å²) in [4.78, 5) is 0. The van der Waals surface area contributed by atoms with Crippen LogP contribution in [0.5, 0.6) is 0 Å². The van der Waals surface area contributed by atoms with Crippen molar-refractivity contribution in [2.75, 3.05) is 0 Å². The minimum absolute atomic E-state index is 0.0591. The highest BCUT2D eigenvalue weighted by molar-refractivity contribution is 5.26. The molecular weight excluding hydrogens is 246 g/mol. The SMILES string of the molecule is Cc1cc(F)c(C(O)CC(C)CC(C)(C)C)cc1F. The molecule has 1 rings (SSSR count). The molecule has 2 atom stereocenters. The van der Waals surface area contributed by atoms with Gasteiger partial charge in [-0.15, -0.1) is 0 Å². The molecule has 1 aromatic rings. The fraction of sp³-hybridized carbons (Fsp3) is 0.625. The van der Waals surface area contributed by atoms with Crippen LogP contribution in [0, 0.1) is 29.9 Å². The van der Waals surface area contributed by atoms with Crippen molar-refractivity contribution < 1.29 is 13.9 Å². The molecule has 0 aliphatic rings. The summed E-state index contributed by atoms with van der Waals surface area (Å²) in [5.74, 6) is -0.757.